The first-order valence-electron chi connectivity index (χ1n) is 13.1. The van der Waals surface area contributed by atoms with E-state index in [4.69, 9.17) is 0 Å². The van der Waals surface area contributed by atoms with Crippen molar-refractivity contribution in [3.05, 3.63) is 143 Å². The highest BCUT2D eigenvalue weighted by Gasteiger charge is 2.24. The largest absolute Gasteiger partial charge is 0.309 e. The monoisotopic (exact) mass is 561 g/mol. The van der Waals surface area contributed by atoms with Crippen LogP contribution in [0.3, 0.4) is 0 Å². The van der Waals surface area contributed by atoms with Crippen molar-refractivity contribution in [1.29, 1.82) is 0 Å². The van der Waals surface area contributed by atoms with Crippen LogP contribution in [-0.2, 0) is 0 Å². The molecule has 8 rings (SSSR count). The molecule has 0 fully saturated rings. The van der Waals surface area contributed by atoms with Crippen molar-refractivity contribution in [3.8, 4) is 22.5 Å². The summed E-state index contributed by atoms with van der Waals surface area (Å²) < 4.78 is 5.76. The quantitative estimate of drug-likeness (QED) is 0.190. The average molecular weight is 562 g/mol. The van der Waals surface area contributed by atoms with E-state index >= 15 is 0 Å². The molecular weight excluding hydrogens is 540 g/mol. The number of allylic oxidation sites excluding steroid dienone is 2. The summed E-state index contributed by atoms with van der Waals surface area (Å²) in [6.45, 7) is 0. The normalized spacial score (nSPS) is 12.3. The van der Waals surface area contributed by atoms with Gasteiger partial charge in [0.25, 0.3) is 0 Å². The second-order valence-corrected chi connectivity index (χ2v) is 10.8. The molecule has 182 valence electrons. The first-order chi connectivity index (χ1) is 19.3. The lowest BCUT2D eigenvalue weighted by Crippen LogP contribution is -1.98. The van der Waals surface area contributed by atoms with E-state index in [1.807, 2.05) is 6.08 Å². The molecule has 5 aromatic carbocycles. The number of nitrogens with zero attached hydrogens (tertiary/aromatic N) is 2. The van der Waals surface area contributed by atoms with Crippen molar-refractivity contribution in [1.82, 2.24) is 9.13 Å². The second kappa shape index (κ2) is 8.68. The molecule has 0 bridgehead atoms. The molecule has 1 aliphatic rings. The molecule has 0 atom stereocenters. The van der Waals surface area contributed by atoms with E-state index in [0.29, 0.717) is 0 Å². The molecule has 39 heavy (non-hydrogen) atoms. The number of rotatable bonds is 3. The zero-order valence-electron chi connectivity index (χ0n) is 21.0. The van der Waals surface area contributed by atoms with E-state index in [2.05, 4.69) is 159 Å². The van der Waals surface area contributed by atoms with Crippen LogP contribution in [0.5, 0.6) is 0 Å². The minimum Gasteiger partial charge on any atom is -0.309 e. The van der Waals surface area contributed by atoms with Crippen LogP contribution in [-0.4, -0.2) is 9.13 Å². The third-order valence-corrected chi connectivity index (χ3v) is 8.19. The fourth-order valence-corrected chi connectivity index (χ4v) is 6.38. The fourth-order valence-electron chi connectivity index (χ4n) is 5.99. The third-order valence-electron chi connectivity index (χ3n) is 7.70. The Morgan fingerprint density at radius 1 is 0.538 bits per heavy atom. The van der Waals surface area contributed by atoms with Crippen LogP contribution in [0.15, 0.2) is 126 Å². The number of fused-ring (bicyclic) bond motifs is 6. The lowest BCUT2D eigenvalue weighted by Gasteiger charge is -2.09. The van der Waals surface area contributed by atoms with Gasteiger partial charge in [0.2, 0.25) is 0 Å². The van der Waals surface area contributed by atoms with Crippen LogP contribution >= 0.6 is 15.9 Å². The van der Waals surface area contributed by atoms with Crippen LogP contribution in [0.4, 0.5) is 0 Å². The first kappa shape index (κ1) is 22.3. The Kier molecular flexibility index (Phi) is 4.96. The van der Waals surface area contributed by atoms with Gasteiger partial charge in [0.1, 0.15) is 17.7 Å². The summed E-state index contributed by atoms with van der Waals surface area (Å²) in [6, 6.07) is 41.5. The first-order valence-corrected chi connectivity index (χ1v) is 13.8. The molecule has 0 saturated heterocycles. The van der Waals surface area contributed by atoms with Crippen LogP contribution < -0.4 is 0 Å². The van der Waals surface area contributed by atoms with Crippen molar-refractivity contribution in [2.75, 3.05) is 0 Å². The summed E-state index contributed by atoms with van der Waals surface area (Å²) in [5.74, 6) is 0. The predicted molar refractivity (Wildman–Crippen MR) is 167 cm³/mol. The van der Waals surface area contributed by atoms with Gasteiger partial charge >= 0.3 is 0 Å². The number of hydrogen-bond acceptors (Lipinski definition) is 0. The summed E-state index contributed by atoms with van der Waals surface area (Å²) >= 11 is 3.67. The van der Waals surface area contributed by atoms with Crippen molar-refractivity contribution < 1.29 is 0 Å². The molecule has 7 aromatic rings. The Bertz CT molecular complexity index is 2120. The van der Waals surface area contributed by atoms with E-state index < -0.39 is 0 Å². The summed E-state index contributed by atoms with van der Waals surface area (Å²) in [7, 11) is 0. The molecule has 0 saturated carbocycles. The number of para-hydroxylation sites is 2. The van der Waals surface area contributed by atoms with Gasteiger partial charge in [0.05, 0.1) is 28.3 Å². The van der Waals surface area contributed by atoms with Gasteiger partial charge in [-0.2, -0.15) is 0 Å². The minimum atomic E-state index is 1.06. The molecule has 2 aromatic heterocycles. The molecule has 1 aliphatic carbocycles. The zero-order valence-corrected chi connectivity index (χ0v) is 22.6. The maximum absolute atomic E-state index is 3.67. The molecule has 2 nitrogen and oxygen atoms in total. The summed E-state index contributed by atoms with van der Waals surface area (Å²) in [6.07, 6.45) is 9.53. The number of hydrogen-bond donors (Lipinski definition) is 0. The standard InChI is InChI=1S/C36H22BrN2/c37-26-9-8-12-28(23-26)39-33-15-6-4-13-29(33)31-19-17-25(22-36(31)39)24-18-20-35-32(21-24)30-14-5-7-16-34(30)38(35)27-10-2-1-3-11-27/h1-5,7-23H/q+1. The van der Waals surface area contributed by atoms with Crippen LogP contribution in [0, 0.1) is 6.08 Å². The van der Waals surface area contributed by atoms with Crippen molar-refractivity contribution in [3.63, 3.8) is 0 Å². The summed E-state index contributed by atoms with van der Waals surface area (Å²) in [5.41, 5.74) is 10.7. The van der Waals surface area contributed by atoms with Crippen molar-refractivity contribution >= 4 is 60.8 Å². The zero-order chi connectivity index (χ0) is 25.9. The molecule has 0 N–H and O–H groups in total. The van der Waals surface area contributed by atoms with Gasteiger partial charge in [-0.1, -0.05) is 70.5 Å². The summed E-state index contributed by atoms with van der Waals surface area (Å²) in [4.78, 5) is 0. The summed E-state index contributed by atoms with van der Waals surface area (Å²) in [5, 5.41) is 3.76. The van der Waals surface area contributed by atoms with Crippen LogP contribution in [0.25, 0.3) is 67.4 Å². The Morgan fingerprint density at radius 2 is 1.31 bits per heavy atom. The number of halogens is 1. The maximum Gasteiger partial charge on any atom is 0.166 e. The van der Waals surface area contributed by atoms with Gasteiger partial charge in [0, 0.05) is 32.4 Å². The van der Waals surface area contributed by atoms with Crippen LogP contribution in [0.1, 0.15) is 11.3 Å². The van der Waals surface area contributed by atoms with Gasteiger partial charge in [0.15, 0.2) is 5.69 Å². The molecule has 0 unspecified atom stereocenters. The van der Waals surface area contributed by atoms with Crippen LogP contribution in [0.2, 0.25) is 0 Å². The SMILES string of the molecule is Brc1cccc(-n2c3c(c4ccc(-c5ccc6c(c5)c5ccccc5n6-c5ccccc5)cc42)C=C[C+]=C3)c1. The van der Waals surface area contributed by atoms with E-state index in [1.54, 1.807) is 0 Å². The molecule has 2 heterocycles. The van der Waals surface area contributed by atoms with E-state index in [0.717, 1.165) is 15.9 Å². The highest BCUT2D eigenvalue weighted by atomic mass is 79.9. The number of aromatic nitrogens is 2. The smallest absolute Gasteiger partial charge is 0.166 e. The maximum atomic E-state index is 3.67. The van der Waals surface area contributed by atoms with Gasteiger partial charge in [-0.05, 0) is 71.8 Å². The van der Waals surface area contributed by atoms with Crippen molar-refractivity contribution in [2.45, 2.75) is 0 Å². The number of benzene rings is 5. The van der Waals surface area contributed by atoms with E-state index in [1.165, 1.54) is 55.1 Å². The predicted octanol–water partition coefficient (Wildman–Crippen LogP) is 10.0. The van der Waals surface area contributed by atoms with Gasteiger partial charge in [-0.15, -0.1) is 0 Å². The average Bonchev–Trinajstić information content (AvgIpc) is 3.50. The molecule has 0 amide bonds. The highest BCUT2D eigenvalue weighted by Crippen LogP contribution is 2.38. The van der Waals surface area contributed by atoms with Gasteiger partial charge in [-0.25, -0.2) is 0 Å². The van der Waals surface area contributed by atoms with Gasteiger partial charge in [-0.3, -0.25) is 4.57 Å². The van der Waals surface area contributed by atoms with Gasteiger partial charge < -0.3 is 4.57 Å². The topological polar surface area (TPSA) is 9.86 Å². The van der Waals surface area contributed by atoms with Crippen molar-refractivity contribution in [2.24, 2.45) is 0 Å². The fraction of sp³-hybridized carbons (Fsp3) is 0. The molecular formula is C36H22BrN2+. The molecule has 0 aliphatic heterocycles. The Labute approximate surface area is 234 Å². The Balaban J connectivity index is 1.37. The van der Waals surface area contributed by atoms with E-state index in [-0.39, 0.29) is 0 Å². The molecule has 0 radical (unpaired) electrons. The molecule has 3 heteroatoms. The van der Waals surface area contributed by atoms with E-state index in [9.17, 15) is 0 Å². The highest BCUT2D eigenvalue weighted by molar-refractivity contribution is 9.10. The Hall–Kier alpha value is -4.69. The lowest BCUT2D eigenvalue weighted by molar-refractivity contribution is 1.10. The Morgan fingerprint density at radius 3 is 2.21 bits per heavy atom. The lowest BCUT2D eigenvalue weighted by atomic mass is 10.00. The third kappa shape index (κ3) is 3.45. The second-order valence-electron chi connectivity index (χ2n) is 9.91. The molecule has 0 spiro atoms. The minimum absolute atomic E-state index is 1.06.